The zero-order chi connectivity index (χ0) is 17.1. The van der Waals surface area contributed by atoms with Gasteiger partial charge in [0.05, 0.1) is 6.54 Å². The molecule has 128 valence electrons. The van der Waals surface area contributed by atoms with Gasteiger partial charge in [-0.15, -0.1) is 0 Å². The van der Waals surface area contributed by atoms with E-state index in [0.29, 0.717) is 18.2 Å². The third kappa shape index (κ3) is 8.18. The van der Waals surface area contributed by atoms with Gasteiger partial charge < -0.3 is 16.0 Å². The maximum atomic E-state index is 12.8. The van der Waals surface area contributed by atoms with E-state index in [4.69, 9.17) is 0 Å². The van der Waals surface area contributed by atoms with Crippen molar-refractivity contribution in [3.05, 3.63) is 30.1 Å². The van der Waals surface area contributed by atoms with Crippen LogP contribution in [0.15, 0.2) is 24.3 Å². The predicted molar refractivity (Wildman–Crippen MR) is 89.7 cm³/mol. The van der Waals surface area contributed by atoms with Crippen molar-refractivity contribution in [2.75, 3.05) is 18.4 Å². The van der Waals surface area contributed by atoms with Gasteiger partial charge >= 0.3 is 6.03 Å². The number of halogens is 1. The first-order valence-electron chi connectivity index (χ1n) is 8.12. The van der Waals surface area contributed by atoms with Crippen LogP contribution in [0.25, 0.3) is 0 Å². The van der Waals surface area contributed by atoms with Crippen molar-refractivity contribution >= 4 is 17.6 Å². The van der Waals surface area contributed by atoms with Gasteiger partial charge in [0.15, 0.2) is 0 Å². The van der Waals surface area contributed by atoms with E-state index in [9.17, 15) is 14.0 Å². The molecular formula is C17H26FN3O2. The predicted octanol–water partition coefficient (Wildman–Crippen LogP) is 3.28. The molecule has 0 heterocycles. The average Bonchev–Trinajstić information content (AvgIpc) is 2.55. The van der Waals surface area contributed by atoms with Gasteiger partial charge in [0.1, 0.15) is 5.82 Å². The fourth-order valence-corrected chi connectivity index (χ4v) is 2.14. The smallest absolute Gasteiger partial charge is 0.315 e. The average molecular weight is 323 g/mol. The standard InChI is InChI=1S/C17H26FN3O2/c1-3-5-6-13(4-2)11-19-17(23)20-12-16(22)21-15-9-7-14(18)8-10-15/h7-10,13H,3-6,11-12H2,1-2H3,(H,21,22)(H2,19,20,23). The Morgan fingerprint density at radius 3 is 2.43 bits per heavy atom. The van der Waals surface area contributed by atoms with Crippen molar-refractivity contribution in [2.45, 2.75) is 39.5 Å². The first-order chi connectivity index (χ1) is 11.0. The molecule has 0 fully saturated rings. The van der Waals surface area contributed by atoms with Crippen LogP contribution in [0.1, 0.15) is 39.5 Å². The fraction of sp³-hybridized carbons (Fsp3) is 0.529. The number of hydrogen-bond donors (Lipinski definition) is 3. The zero-order valence-electron chi connectivity index (χ0n) is 13.8. The summed E-state index contributed by atoms with van der Waals surface area (Å²) in [5, 5.41) is 7.88. The van der Waals surface area contributed by atoms with Crippen LogP contribution >= 0.6 is 0 Å². The Labute approximate surface area is 137 Å². The molecule has 0 saturated heterocycles. The van der Waals surface area contributed by atoms with Crippen molar-refractivity contribution in [1.82, 2.24) is 10.6 Å². The van der Waals surface area contributed by atoms with Gasteiger partial charge in [-0.25, -0.2) is 9.18 Å². The lowest BCUT2D eigenvalue weighted by Gasteiger charge is -2.15. The third-order valence-electron chi connectivity index (χ3n) is 3.63. The van der Waals surface area contributed by atoms with E-state index in [2.05, 4.69) is 29.8 Å². The quantitative estimate of drug-likeness (QED) is 0.653. The second-order valence-electron chi connectivity index (χ2n) is 5.54. The number of carbonyl (C=O) groups excluding carboxylic acids is 2. The second kappa shape index (κ2) is 10.6. The van der Waals surface area contributed by atoms with Crippen LogP contribution in [0.2, 0.25) is 0 Å². The number of rotatable bonds is 9. The van der Waals surface area contributed by atoms with E-state index in [1.54, 1.807) is 0 Å². The Bertz CT molecular complexity index is 491. The van der Waals surface area contributed by atoms with E-state index in [1.165, 1.54) is 24.3 Å². The molecule has 1 aromatic carbocycles. The van der Waals surface area contributed by atoms with Crippen LogP contribution in [-0.2, 0) is 4.79 Å². The lowest BCUT2D eigenvalue weighted by atomic mass is 9.99. The molecule has 0 aromatic heterocycles. The minimum atomic E-state index is -0.367. The number of anilines is 1. The molecular weight excluding hydrogens is 297 g/mol. The maximum absolute atomic E-state index is 12.8. The molecule has 1 atom stereocenters. The van der Waals surface area contributed by atoms with E-state index >= 15 is 0 Å². The summed E-state index contributed by atoms with van der Waals surface area (Å²) in [5.74, 6) is -0.257. The van der Waals surface area contributed by atoms with Crippen molar-refractivity contribution < 1.29 is 14.0 Å². The number of amides is 3. The number of benzene rings is 1. The molecule has 23 heavy (non-hydrogen) atoms. The highest BCUT2D eigenvalue weighted by molar-refractivity contribution is 5.94. The van der Waals surface area contributed by atoms with Crippen LogP contribution in [0.3, 0.4) is 0 Å². The minimum absolute atomic E-state index is 0.130. The first-order valence-corrected chi connectivity index (χ1v) is 8.12. The van der Waals surface area contributed by atoms with Crippen LogP contribution in [-0.4, -0.2) is 25.0 Å². The molecule has 6 heteroatoms. The Kier molecular flexibility index (Phi) is 8.72. The molecule has 5 nitrogen and oxygen atoms in total. The first kappa shape index (κ1) is 18.9. The monoisotopic (exact) mass is 323 g/mol. The Hall–Kier alpha value is -2.11. The van der Waals surface area contributed by atoms with Gasteiger partial charge in [0, 0.05) is 12.2 Å². The van der Waals surface area contributed by atoms with E-state index in [-0.39, 0.29) is 24.3 Å². The summed E-state index contributed by atoms with van der Waals surface area (Å²) in [5.41, 5.74) is 0.490. The lowest BCUT2D eigenvalue weighted by molar-refractivity contribution is -0.115. The molecule has 3 amide bonds. The van der Waals surface area contributed by atoms with E-state index < -0.39 is 0 Å². The summed E-state index contributed by atoms with van der Waals surface area (Å²) in [6.45, 7) is 4.74. The van der Waals surface area contributed by atoms with Gasteiger partial charge in [-0.2, -0.15) is 0 Å². The molecule has 1 unspecified atom stereocenters. The summed E-state index contributed by atoms with van der Waals surface area (Å²) >= 11 is 0. The molecule has 0 aliphatic carbocycles. The largest absolute Gasteiger partial charge is 0.338 e. The van der Waals surface area contributed by atoms with Crippen LogP contribution in [0, 0.1) is 11.7 Å². The second-order valence-corrected chi connectivity index (χ2v) is 5.54. The molecule has 0 saturated carbocycles. The number of urea groups is 1. The van der Waals surface area contributed by atoms with Crippen molar-refractivity contribution in [3.8, 4) is 0 Å². The molecule has 0 aliphatic rings. The molecule has 1 aromatic rings. The topological polar surface area (TPSA) is 70.2 Å². The summed E-state index contributed by atoms with van der Waals surface area (Å²) in [6, 6.07) is 5.10. The van der Waals surface area contributed by atoms with E-state index in [0.717, 1.165) is 25.7 Å². The number of nitrogens with one attached hydrogen (secondary N) is 3. The molecule has 0 spiro atoms. The third-order valence-corrected chi connectivity index (χ3v) is 3.63. The van der Waals surface area contributed by atoms with Crippen molar-refractivity contribution in [3.63, 3.8) is 0 Å². The zero-order valence-corrected chi connectivity index (χ0v) is 13.8. The minimum Gasteiger partial charge on any atom is -0.338 e. The van der Waals surface area contributed by atoms with E-state index in [1.807, 2.05) is 0 Å². The summed E-state index contributed by atoms with van der Waals surface area (Å²) < 4.78 is 12.8. The molecule has 0 radical (unpaired) electrons. The normalized spacial score (nSPS) is 11.6. The highest BCUT2D eigenvalue weighted by atomic mass is 19.1. The number of unbranched alkanes of at least 4 members (excludes halogenated alkanes) is 1. The lowest BCUT2D eigenvalue weighted by Crippen LogP contribution is -2.41. The highest BCUT2D eigenvalue weighted by Crippen LogP contribution is 2.11. The summed E-state index contributed by atoms with van der Waals surface area (Å²) in [7, 11) is 0. The molecule has 3 N–H and O–H groups in total. The maximum Gasteiger partial charge on any atom is 0.315 e. The van der Waals surface area contributed by atoms with Gasteiger partial charge in [-0.3, -0.25) is 4.79 Å². The molecule has 1 rings (SSSR count). The highest BCUT2D eigenvalue weighted by Gasteiger charge is 2.09. The van der Waals surface area contributed by atoms with Gasteiger partial charge in [0.25, 0.3) is 0 Å². The number of hydrogen-bond acceptors (Lipinski definition) is 2. The van der Waals surface area contributed by atoms with Crippen molar-refractivity contribution in [1.29, 1.82) is 0 Å². The fourth-order valence-electron chi connectivity index (χ4n) is 2.14. The van der Waals surface area contributed by atoms with Gasteiger partial charge in [0.2, 0.25) is 5.91 Å². The Balaban J connectivity index is 2.24. The molecule has 0 aliphatic heterocycles. The van der Waals surface area contributed by atoms with Gasteiger partial charge in [-0.1, -0.05) is 33.1 Å². The number of carbonyl (C=O) groups is 2. The Morgan fingerprint density at radius 2 is 1.83 bits per heavy atom. The van der Waals surface area contributed by atoms with Crippen molar-refractivity contribution in [2.24, 2.45) is 5.92 Å². The van der Waals surface area contributed by atoms with Gasteiger partial charge in [-0.05, 0) is 36.6 Å². The van der Waals surface area contributed by atoms with Crippen LogP contribution in [0.4, 0.5) is 14.9 Å². The van der Waals surface area contributed by atoms with Crippen LogP contribution in [0.5, 0.6) is 0 Å². The summed E-state index contributed by atoms with van der Waals surface area (Å²) in [6.07, 6.45) is 4.41. The molecule has 0 bridgehead atoms. The van der Waals surface area contributed by atoms with Crippen LogP contribution < -0.4 is 16.0 Å². The Morgan fingerprint density at radius 1 is 1.13 bits per heavy atom. The summed E-state index contributed by atoms with van der Waals surface area (Å²) in [4.78, 5) is 23.4. The SMILES string of the molecule is CCCCC(CC)CNC(=O)NCC(=O)Nc1ccc(F)cc1.